The summed E-state index contributed by atoms with van der Waals surface area (Å²) >= 11 is 0. The predicted molar refractivity (Wildman–Crippen MR) is 120 cm³/mol. The minimum absolute atomic E-state index is 0.135. The highest BCUT2D eigenvalue weighted by Gasteiger charge is 2.30. The lowest BCUT2D eigenvalue weighted by atomic mass is 9.87. The van der Waals surface area contributed by atoms with Gasteiger partial charge >= 0.3 is 0 Å². The molecule has 160 valence electrons. The molecule has 31 heavy (non-hydrogen) atoms. The number of aromatic nitrogens is 2. The van der Waals surface area contributed by atoms with Crippen molar-refractivity contribution in [3.05, 3.63) is 90.0 Å². The molecular formula is C25H28N4O2. The van der Waals surface area contributed by atoms with Gasteiger partial charge in [0.25, 0.3) is 5.91 Å². The highest BCUT2D eigenvalue weighted by atomic mass is 16.5. The number of hydrogen-bond donors (Lipinski definition) is 1. The zero-order valence-corrected chi connectivity index (χ0v) is 17.8. The molecule has 1 aliphatic rings. The van der Waals surface area contributed by atoms with Gasteiger partial charge in [-0.15, -0.1) is 0 Å². The zero-order valence-electron chi connectivity index (χ0n) is 17.8. The van der Waals surface area contributed by atoms with Crippen LogP contribution in [0.1, 0.15) is 40.6 Å². The summed E-state index contributed by atoms with van der Waals surface area (Å²) in [6.45, 7) is 2.79. The molecule has 1 saturated heterocycles. The lowest BCUT2D eigenvalue weighted by molar-refractivity contribution is 0.0883. The van der Waals surface area contributed by atoms with Crippen LogP contribution >= 0.6 is 0 Å². The second-order valence-electron chi connectivity index (χ2n) is 7.85. The van der Waals surface area contributed by atoms with E-state index in [2.05, 4.69) is 32.3 Å². The van der Waals surface area contributed by atoms with Gasteiger partial charge in [0.15, 0.2) is 0 Å². The highest BCUT2D eigenvalue weighted by Crippen LogP contribution is 2.31. The van der Waals surface area contributed by atoms with Crippen molar-refractivity contribution in [2.75, 3.05) is 20.2 Å². The molecule has 3 heterocycles. The van der Waals surface area contributed by atoms with Crippen LogP contribution in [0.25, 0.3) is 0 Å². The molecule has 1 aliphatic heterocycles. The number of rotatable bonds is 7. The Morgan fingerprint density at radius 1 is 1.03 bits per heavy atom. The number of hydrogen-bond acceptors (Lipinski definition) is 5. The van der Waals surface area contributed by atoms with E-state index in [1.165, 1.54) is 5.56 Å². The molecule has 4 rings (SSSR count). The average Bonchev–Trinajstić information content (AvgIpc) is 2.84. The van der Waals surface area contributed by atoms with Crippen LogP contribution < -0.4 is 10.1 Å². The standard InChI is InChI=1S/C25H28N4O2/c1-31-23-11-3-2-8-20(23)18-29-16-12-19(13-17-29)24(21-9-4-6-14-26-21)28-25(30)22-10-5-7-15-27-22/h2-11,14-15,19,24H,12-13,16-18H2,1H3,(H,28,30)/t24-/m0/s1. The first-order valence-corrected chi connectivity index (χ1v) is 10.7. The molecule has 1 aromatic carbocycles. The monoisotopic (exact) mass is 416 g/mol. The fourth-order valence-corrected chi connectivity index (χ4v) is 4.22. The Kier molecular flexibility index (Phi) is 6.89. The molecule has 1 atom stereocenters. The summed E-state index contributed by atoms with van der Waals surface area (Å²) in [6, 6.07) is 19.3. The van der Waals surface area contributed by atoms with Crippen molar-refractivity contribution in [1.29, 1.82) is 0 Å². The van der Waals surface area contributed by atoms with Gasteiger partial charge in [0, 0.05) is 24.5 Å². The van der Waals surface area contributed by atoms with Crippen LogP contribution in [0.3, 0.4) is 0 Å². The molecule has 1 amide bonds. The Balaban J connectivity index is 1.44. The fourth-order valence-electron chi connectivity index (χ4n) is 4.22. The van der Waals surface area contributed by atoms with E-state index in [1.807, 2.05) is 42.5 Å². The minimum atomic E-state index is -0.160. The molecule has 2 aromatic heterocycles. The van der Waals surface area contributed by atoms with Gasteiger partial charge < -0.3 is 10.1 Å². The maximum absolute atomic E-state index is 12.8. The molecule has 6 heteroatoms. The van der Waals surface area contributed by atoms with Gasteiger partial charge in [-0.2, -0.15) is 0 Å². The van der Waals surface area contributed by atoms with Crippen LogP contribution in [0.2, 0.25) is 0 Å². The SMILES string of the molecule is COc1ccccc1CN1CCC([C@H](NC(=O)c2ccccn2)c2ccccn2)CC1. The zero-order chi connectivity index (χ0) is 21.5. The summed E-state index contributed by atoms with van der Waals surface area (Å²) < 4.78 is 5.50. The number of benzene rings is 1. The summed E-state index contributed by atoms with van der Waals surface area (Å²) in [5, 5.41) is 3.20. The van der Waals surface area contributed by atoms with Crippen LogP contribution in [0.5, 0.6) is 5.75 Å². The Hall–Kier alpha value is -3.25. The van der Waals surface area contributed by atoms with Crippen LogP contribution in [0.4, 0.5) is 0 Å². The predicted octanol–water partition coefficient (Wildman–Crippen LogP) is 3.87. The first kappa shape index (κ1) is 21.0. The fraction of sp³-hybridized carbons (Fsp3) is 0.320. The Morgan fingerprint density at radius 2 is 1.74 bits per heavy atom. The van der Waals surface area contributed by atoms with Crippen LogP contribution in [0, 0.1) is 5.92 Å². The number of pyridine rings is 2. The lowest BCUT2D eigenvalue weighted by Crippen LogP contribution is -2.41. The van der Waals surface area contributed by atoms with Crippen LogP contribution in [-0.4, -0.2) is 41.0 Å². The summed E-state index contributed by atoms with van der Waals surface area (Å²) in [7, 11) is 1.72. The number of likely N-dealkylation sites (tertiary alicyclic amines) is 1. The minimum Gasteiger partial charge on any atom is -0.496 e. The number of nitrogens with zero attached hydrogens (tertiary/aromatic N) is 3. The number of para-hydroxylation sites is 1. The molecule has 6 nitrogen and oxygen atoms in total. The maximum atomic E-state index is 12.8. The van der Waals surface area contributed by atoms with Crippen molar-refractivity contribution in [1.82, 2.24) is 20.2 Å². The van der Waals surface area contributed by atoms with Crippen molar-refractivity contribution in [2.45, 2.75) is 25.4 Å². The first-order chi connectivity index (χ1) is 15.2. The van der Waals surface area contributed by atoms with Crippen molar-refractivity contribution in [2.24, 2.45) is 5.92 Å². The number of ether oxygens (including phenoxy) is 1. The van der Waals surface area contributed by atoms with Crippen molar-refractivity contribution >= 4 is 5.91 Å². The van der Waals surface area contributed by atoms with Gasteiger partial charge in [-0.25, -0.2) is 0 Å². The third-order valence-electron chi connectivity index (χ3n) is 5.88. The van der Waals surface area contributed by atoms with E-state index in [9.17, 15) is 4.79 Å². The van der Waals surface area contributed by atoms with E-state index in [0.29, 0.717) is 11.6 Å². The van der Waals surface area contributed by atoms with E-state index in [0.717, 1.165) is 43.9 Å². The highest BCUT2D eigenvalue weighted by molar-refractivity contribution is 5.92. The van der Waals surface area contributed by atoms with Crippen LogP contribution in [-0.2, 0) is 6.54 Å². The molecule has 0 saturated carbocycles. The average molecular weight is 417 g/mol. The van der Waals surface area contributed by atoms with Gasteiger partial charge in [-0.05, 0) is 62.2 Å². The van der Waals surface area contributed by atoms with Gasteiger partial charge in [0.1, 0.15) is 11.4 Å². The van der Waals surface area contributed by atoms with E-state index in [4.69, 9.17) is 4.74 Å². The molecule has 0 unspecified atom stereocenters. The molecule has 1 fully saturated rings. The summed E-state index contributed by atoms with van der Waals surface area (Å²) in [5.41, 5.74) is 2.53. The third kappa shape index (κ3) is 5.27. The second-order valence-corrected chi connectivity index (χ2v) is 7.85. The molecule has 0 radical (unpaired) electrons. The van der Waals surface area contributed by atoms with Crippen molar-refractivity contribution in [3.63, 3.8) is 0 Å². The molecule has 0 bridgehead atoms. The number of amides is 1. The van der Waals surface area contributed by atoms with Gasteiger partial charge in [-0.3, -0.25) is 19.7 Å². The van der Waals surface area contributed by atoms with Gasteiger partial charge in [0.05, 0.1) is 18.8 Å². The van der Waals surface area contributed by atoms with E-state index in [-0.39, 0.29) is 11.9 Å². The molecule has 0 spiro atoms. The largest absolute Gasteiger partial charge is 0.496 e. The number of carbonyl (C=O) groups is 1. The topological polar surface area (TPSA) is 67.3 Å². The smallest absolute Gasteiger partial charge is 0.270 e. The van der Waals surface area contributed by atoms with E-state index >= 15 is 0 Å². The molecular weight excluding hydrogens is 388 g/mol. The Morgan fingerprint density at radius 3 is 2.42 bits per heavy atom. The summed E-state index contributed by atoms with van der Waals surface area (Å²) in [5.74, 6) is 1.09. The Labute approximate surface area is 183 Å². The first-order valence-electron chi connectivity index (χ1n) is 10.7. The number of methoxy groups -OCH3 is 1. The summed E-state index contributed by atoms with van der Waals surface area (Å²) in [4.78, 5) is 24.0. The van der Waals surface area contributed by atoms with Gasteiger partial charge in [0.2, 0.25) is 0 Å². The third-order valence-corrected chi connectivity index (χ3v) is 5.88. The number of carbonyl (C=O) groups excluding carboxylic acids is 1. The van der Waals surface area contributed by atoms with E-state index < -0.39 is 0 Å². The second kappa shape index (κ2) is 10.2. The van der Waals surface area contributed by atoms with Crippen LogP contribution in [0.15, 0.2) is 73.1 Å². The number of nitrogens with one attached hydrogen (secondary N) is 1. The van der Waals surface area contributed by atoms with Gasteiger partial charge in [-0.1, -0.05) is 30.3 Å². The lowest BCUT2D eigenvalue weighted by Gasteiger charge is -2.36. The number of piperidine rings is 1. The molecule has 0 aliphatic carbocycles. The molecule has 3 aromatic rings. The van der Waals surface area contributed by atoms with Crippen molar-refractivity contribution in [3.8, 4) is 5.75 Å². The normalized spacial score (nSPS) is 15.9. The quantitative estimate of drug-likeness (QED) is 0.633. The summed E-state index contributed by atoms with van der Waals surface area (Å²) in [6.07, 6.45) is 5.39. The Bertz CT molecular complexity index is 973. The van der Waals surface area contributed by atoms with E-state index in [1.54, 1.807) is 25.6 Å². The molecule has 1 N–H and O–H groups in total. The van der Waals surface area contributed by atoms with Crippen molar-refractivity contribution < 1.29 is 9.53 Å². The maximum Gasteiger partial charge on any atom is 0.270 e.